The lowest BCUT2D eigenvalue weighted by Gasteiger charge is -2.22. The molecule has 0 spiro atoms. The van der Waals surface area contributed by atoms with Crippen molar-refractivity contribution in [3.05, 3.63) is 0 Å². The van der Waals surface area contributed by atoms with Crippen LogP contribution in [-0.4, -0.2) is 68.3 Å². The lowest BCUT2D eigenvalue weighted by molar-refractivity contribution is 0.0924. The van der Waals surface area contributed by atoms with Crippen molar-refractivity contribution in [2.24, 2.45) is 5.73 Å². The monoisotopic (exact) mass is 269 g/mol. The van der Waals surface area contributed by atoms with E-state index in [0.29, 0.717) is 6.10 Å². The van der Waals surface area contributed by atoms with Crippen LogP contribution >= 0.6 is 0 Å². The smallest absolute Gasteiger partial charge is 0.0588 e. The van der Waals surface area contributed by atoms with Crippen molar-refractivity contribution in [2.75, 3.05) is 52.4 Å². The molecule has 2 fully saturated rings. The van der Waals surface area contributed by atoms with E-state index in [0.717, 1.165) is 13.2 Å². The standard InChI is InChI=1S/C15H31N3O/c16-7-1-2-8-17-9-4-10-18(13-12-17)11-6-15-5-3-14-19-15/h15H,1-14,16H2. The Labute approximate surface area is 118 Å². The van der Waals surface area contributed by atoms with Crippen molar-refractivity contribution in [1.29, 1.82) is 0 Å². The van der Waals surface area contributed by atoms with Crippen LogP contribution in [0.1, 0.15) is 38.5 Å². The van der Waals surface area contributed by atoms with Crippen LogP contribution in [0.2, 0.25) is 0 Å². The number of unbranched alkanes of at least 4 members (excludes halogenated alkanes) is 1. The van der Waals surface area contributed by atoms with E-state index in [1.54, 1.807) is 0 Å². The van der Waals surface area contributed by atoms with Crippen LogP contribution in [-0.2, 0) is 4.74 Å². The fourth-order valence-electron chi connectivity index (χ4n) is 3.15. The number of hydrogen-bond acceptors (Lipinski definition) is 4. The predicted molar refractivity (Wildman–Crippen MR) is 79.4 cm³/mol. The van der Waals surface area contributed by atoms with E-state index in [2.05, 4.69) is 9.80 Å². The normalized spacial score (nSPS) is 26.7. The third-order valence-corrected chi connectivity index (χ3v) is 4.40. The molecule has 2 heterocycles. The molecule has 2 aliphatic heterocycles. The molecule has 0 aromatic heterocycles. The maximum Gasteiger partial charge on any atom is 0.0588 e. The first-order valence-corrected chi connectivity index (χ1v) is 8.15. The number of nitrogens with zero attached hydrogens (tertiary/aromatic N) is 2. The first-order valence-electron chi connectivity index (χ1n) is 8.15. The van der Waals surface area contributed by atoms with Gasteiger partial charge in [-0.3, -0.25) is 0 Å². The highest BCUT2D eigenvalue weighted by atomic mass is 16.5. The zero-order valence-electron chi connectivity index (χ0n) is 12.4. The molecule has 112 valence electrons. The molecule has 1 atom stereocenters. The fraction of sp³-hybridized carbons (Fsp3) is 1.00. The van der Waals surface area contributed by atoms with Crippen molar-refractivity contribution in [1.82, 2.24) is 9.80 Å². The van der Waals surface area contributed by atoms with Gasteiger partial charge in [-0.05, 0) is 64.7 Å². The Morgan fingerprint density at radius 2 is 1.74 bits per heavy atom. The number of rotatable bonds is 7. The first kappa shape index (κ1) is 15.2. The molecule has 0 aliphatic carbocycles. The topological polar surface area (TPSA) is 41.7 Å². The summed E-state index contributed by atoms with van der Waals surface area (Å²) in [6.07, 6.45) is 8.05. The number of hydrogen-bond donors (Lipinski definition) is 1. The summed E-state index contributed by atoms with van der Waals surface area (Å²) in [5, 5.41) is 0. The predicted octanol–water partition coefficient (Wildman–Crippen LogP) is 1.30. The van der Waals surface area contributed by atoms with Crippen molar-refractivity contribution in [3.63, 3.8) is 0 Å². The Kier molecular flexibility index (Phi) is 7.14. The summed E-state index contributed by atoms with van der Waals surface area (Å²) < 4.78 is 5.71. The van der Waals surface area contributed by atoms with Crippen molar-refractivity contribution in [2.45, 2.75) is 44.6 Å². The second-order valence-corrected chi connectivity index (χ2v) is 5.96. The largest absolute Gasteiger partial charge is 0.378 e. The van der Waals surface area contributed by atoms with Crippen molar-refractivity contribution >= 4 is 0 Å². The summed E-state index contributed by atoms with van der Waals surface area (Å²) in [4.78, 5) is 5.24. The molecule has 0 bridgehead atoms. The van der Waals surface area contributed by atoms with Gasteiger partial charge < -0.3 is 20.3 Å². The van der Waals surface area contributed by atoms with Gasteiger partial charge in [0.15, 0.2) is 0 Å². The van der Waals surface area contributed by atoms with Crippen LogP contribution in [0.3, 0.4) is 0 Å². The Balaban J connectivity index is 1.59. The molecule has 0 aromatic carbocycles. The van der Waals surface area contributed by atoms with Gasteiger partial charge in [0, 0.05) is 26.2 Å². The van der Waals surface area contributed by atoms with E-state index in [-0.39, 0.29) is 0 Å². The number of ether oxygens (including phenoxy) is 1. The quantitative estimate of drug-likeness (QED) is 0.708. The van der Waals surface area contributed by atoms with E-state index in [4.69, 9.17) is 10.5 Å². The molecule has 0 radical (unpaired) electrons. The lowest BCUT2D eigenvalue weighted by Crippen LogP contribution is -2.33. The Bertz CT molecular complexity index is 231. The van der Waals surface area contributed by atoms with Crippen LogP contribution < -0.4 is 5.73 Å². The molecular formula is C15H31N3O. The SMILES string of the molecule is NCCCCN1CCCN(CCC2CCCO2)CC1. The Morgan fingerprint density at radius 1 is 0.947 bits per heavy atom. The molecule has 2 N–H and O–H groups in total. The maximum absolute atomic E-state index is 5.71. The van der Waals surface area contributed by atoms with Gasteiger partial charge in [-0.1, -0.05) is 0 Å². The molecule has 4 nitrogen and oxygen atoms in total. The van der Waals surface area contributed by atoms with Gasteiger partial charge in [-0.2, -0.15) is 0 Å². The minimum atomic E-state index is 0.545. The van der Waals surface area contributed by atoms with Gasteiger partial charge in [-0.25, -0.2) is 0 Å². The van der Waals surface area contributed by atoms with E-state index in [1.807, 2.05) is 0 Å². The zero-order chi connectivity index (χ0) is 13.3. The Morgan fingerprint density at radius 3 is 2.42 bits per heavy atom. The second-order valence-electron chi connectivity index (χ2n) is 5.96. The van der Waals surface area contributed by atoms with Crippen LogP contribution in [0.15, 0.2) is 0 Å². The minimum Gasteiger partial charge on any atom is -0.378 e. The van der Waals surface area contributed by atoms with Gasteiger partial charge in [0.25, 0.3) is 0 Å². The highest BCUT2D eigenvalue weighted by molar-refractivity contribution is 4.72. The zero-order valence-corrected chi connectivity index (χ0v) is 12.4. The summed E-state index contributed by atoms with van der Waals surface area (Å²) >= 11 is 0. The minimum absolute atomic E-state index is 0.545. The molecule has 2 rings (SSSR count). The molecular weight excluding hydrogens is 238 g/mol. The second kappa shape index (κ2) is 8.90. The average molecular weight is 269 g/mol. The van der Waals surface area contributed by atoms with Gasteiger partial charge in [0.05, 0.1) is 6.10 Å². The molecule has 0 saturated carbocycles. The number of nitrogens with two attached hydrogens (primary N) is 1. The summed E-state index contributed by atoms with van der Waals surface area (Å²) in [7, 11) is 0. The van der Waals surface area contributed by atoms with Crippen LogP contribution in [0, 0.1) is 0 Å². The molecule has 0 amide bonds. The third kappa shape index (κ3) is 5.78. The van der Waals surface area contributed by atoms with Gasteiger partial charge in [-0.15, -0.1) is 0 Å². The first-order chi connectivity index (χ1) is 9.38. The molecule has 1 unspecified atom stereocenters. The lowest BCUT2D eigenvalue weighted by atomic mass is 10.2. The molecule has 2 saturated heterocycles. The molecule has 2 aliphatic rings. The van der Waals surface area contributed by atoms with Gasteiger partial charge in [0.1, 0.15) is 0 Å². The van der Waals surface area contributed by atoms with E-state index < -0.39 is 0 Å². The molecule has 0 aromatic rings. The van der Waals surface area contributed by atoms with Crippen molar-refractivity contribution in [3.8, 4) is 0 Å². The van der Waals surface area contributed by atoms with Crippen LogP contribution in [0.5, 0.6) is 0 Å². The fourth-order valence-corrected chi connectivity index (χ4v) is 3.15. The summed E-state index contributed by atoms with van der Waals surface area (Å²) in [6, 6.07) is 0. The maximum atomic E-state index is 5.71. The van der Waals surface area contributed by atoms with E-state index in [1.165, 1.54) is 77.8 Å². The average Bonchev–Trinajstić information content (AvgIpc) is 2.84. The Hall–Kier alpha value is -0.160. The summed E-state index contributed by atoms with van der Waals surface area (Å²) in [5.41, 5.74) is 5.56. The highest BCUT2D eigenvalue weighted by Gasteiger charge is 2.18. The third-order valence-electron chi connectivity index (χ3n) is 4.40. The highest BCUT2D eigenvalue weighted by Crippen LogP contribution is 2.16. The summed E-state index contributed by atoms with van der Waals surface area (Å²) in [5.74, 6) is 0. The van der Waals surface area contributed by atoms with Crippen LogP contribution in [0.4, 0.5) is 0 Å². The van der Waals surface area contributed by atoms with Gasteiger partial charge >= 0.3 is 0 Å². The van der Waals surface area contributed by atoms with E-state index >= 15 is 0 Å². The molecule has 4 heteroatoms. The van der Waals surface area contributed by atoms with Crippen LogP contribution in [0.25, 0.3) is 0 Å². The molecule has 19 heavy (non-hydrogen) atoms. The van der Waals surface area contributed by atoms with Crippen molar-refractivity contribution < 1.29 is 4.74 Å². The van der Waals surface area contributed by atoms with E-state index in [9.17, 15) is 0 Å². The van der Waals surface area contributed by atoms with Gasteiger partial charge in [0.2, 0.25) is 0 Å². The summed E-state index contributed by atoms with van der Waals surface area (Å²) in [6.45, 7) is 9.27.